The van der Waals surface area contributed by atoms with Crippen LogP contribution < -0.4 is 4.90 Å². The molecule has 0 bridgehead atoms. The first-order valence-corrected chi connectivity index (χ1v) is 7.52. The van der Waals surface area contributed by atoms with E-state index in [0.29, 0.717) is 31.9 Å². The van der Waals surface area contributed by atoms with Crippen molar-refractivity contribution >= 4 is 17.3 Å². The topological polar surface area (TPSA) is 53.0 Å². The number of rotatable bonds is 3. The van der Waals surface area contributed by atoms with Crippen molar-refractivity contribution in [1.29, 1.82) is 0 Å². The fraction of sp³-hybridized carbons (Fsp3) is 0.235. The maximum Gasteiger partial charge on any atom is 0.257 e. The second-order valence-corrected chi connectivity index (χ2v) is 5.49. The maximum atomic E-state index is 13.9. The zero-order valence-electron chi connectivity index (χ0n) is 12.8. The number of anilines is 1. The number of amides is 1. The molecular weight excluding hydrogens is 316 g/mol. The molecule has 0 spiro atoms. The number of nitrogens with zero attached hydrogens (tertiary/aromatic N) is 3. The number of halogens is 2. The second kappa shape index (κ2) is 6.74. The molecule has 124 valence electrons. The van der Waals surface area contributed by atoms with Gasteiger partial charge in [-0.1, -0.05) is 12.1 Å². The number of para-hydroxylation sites is 1. The number of hydrogen-bond donors (Lipinski definition) is 0. The summed E-state index contributed by atoms with van der Waals surface area (Å²) in [5, 5.41) is 2.72. The predicted octanol–water partition coefficient (Wildman–Crippen LogP) is 3.33. The molecule has 0 unspecified atom stereocenters. The average Bonchev–Trinajstić information content (AvgIpc) is 2.62. The molecule has 5 nitrogen and oxygen atoms in total. The van der Waals surface area contributed by atoms with E-state index < -0.39 is 11.7 Å². The first kappa shape index (κ1) is 16.0. The van der Waals surface area contributed by atoms with Crippen molar-refractivity contribution in [2.45, 2.75) is 0 Å². The fourth-order valence-corrected chi connectivity index (χ4v) is 2.76. The van der Waals surface area contributed by atoms with Crippen LogP contribution in [0.4, 0.5) is 20.2 Å². The smallest absolute Gasteiger partial charge is 0.257 e. The van der Waals surface area contributed by atoms with Crippen LogP contribution in [0.3, 0.4) is 0 Å². The highest BCUT2D eigenvalue weighted by atomic mass is 19.1. The van der Waals surface area contributed by atoms with Gasteiger partial charge in [-0.3, -0.25) is 4.79 Å². The van der Waals surface area contributed by atoms with Gasteiger partial charge in [0, 0.05) is 26.2 Å². The summed E-state index contributed by atoms with van der Waals surface area (Å²) in [4.78, 5) is 26.3. The van der Waals surface area contributed by atoms with E-state index in [1.807, 2.05) is 4.90 Å². The van der Waals surface area contributed by atoms with Gasteiger partial charge in [-0.2, -0.15) is 0 Å². The lowest BCUT2D eigenvalue weighted by atomic mass is 10.1. The van der Waals surface area contributed by atoms with Crippen LogP contribution in [-0.4, -0.2) is 37.0 Å². The molecule has 0 aliphatic carbocycles. The molecule has 2 aromatic carbocycles. The summed E-state index contributed by atoms with van der Waals surface area (Å²) in [6.07, 6.45) is 0. The van der Waals surface area contributed by atoms with Gasteiger partial charge in [-0.05, 0) is 35.5 Å². The summed E-state index contributed by atoms with van der Waals surface area (Å²) in [6, 6.07) is 9.87. The van der Waals surface area contributed by atoms with Gasteiger partial charge in [0.25, 0.3) is 5.91 Å². The summed E-state index contributed by atoms with van der Waals surface area (Å²) in [5.41, 5.74) is 0.319. The van der Waals surface area contributed by atoms with Gasteiger partial charge < -0.3 is 9.80 Å². The molecule has 1 aliphatic rings. The molecule has 0 N–H and O–H groups in total. The average molecular weight is 331 g/mol. The van der Waals surface area contributed by atoms with Crippen LogP contribution in [0.25, 0.3) is 0 Å². The van der Waals surface area contributed by atoms with E-state index in [-0.39, 0.29) is 17.1 Å². The highest BCUT2D eigenvalue weighted by Crippen LogP contribution is 2.22. The molecule has 1 heterocycles. The monoisotopic (exact) mass is 331 g/mol. The third kappa shape index (κ3) is 3.10. The largest absolute Gasteiger partial charge is 0.366 e. The quantitative estimate of drug-likeness (QED) is 0.811. The Bertz CT molecular complexity index is 774. The molecule has 0 radical (unpaired) electrons. The zero-order valence-corrected chi connectivity index (χ0v) is 12.8. The maximum absolute atomic E-state index is 13.9. The fourth-order valence-electron chi connectivity index (χ4n) is 2.76. The van der Waals surface area contributed by atoms with E-state index in [2.05, 4.69) is 5.18 Å². The molecule has 0 saturated carbocycles. The van der Waals surface area contributed by atoms with Crippen molar-refractivity contribution in [1.82, 2.24) is 4.90 Å². The summed E-state index contributed by atoms with van der Waals surface area (Å²) >= 11 is 0. The Balaban J connectivity index is 1.72. The van der Waals surface area contributed by atoms with Crippen molar-refractivity contribution in [2.75, 3.05) is 31.1 Å². The molecule has 2 aromatic rings. The number of benzene rings is 2. The zero-order chi connectivity index (χ0) is 17.1. The first-order chi connectivity index (χ1) is 11.6. The minimum absolute atomic E-state index is 0.00439. The van der Waals surface area contributed by atoms with E-state index >= 15 is 0 Å². The van der Waals surface area contributed by atoms with Crippen LogP contribution in [0.15, 0.2) is 47.6 Å². The van der Waals surface area contributed by atoms with E-state index in [1.165, 1.54) is 17.0 Å². The minimum atomic E-state index is -0.691. The van der Waals surface area contributed by atoms with Crippen LogP contribution in [0.1, 0.15) is 10.4 Å². The summed E-state index contributed by atoms with van der Waals surface area (Å²) < 4.78 is 27.7. The Hall–Kier alpha value is -2.83. The van der Waals surface area contributed by atoms with Crippen LogP contribution in [0, 0.1) is 16.5 Å². The van der Waals surface area contributed by atoms with Crippen LogP contribution in [0.2, 0.25) is 0 Å². The first-order valence-electron chi connectivity index (χ1n) is 7.52. The molecule has 1 amide bonds. The summed E-state index contributed by atoms with van der Waals surface area (Å²) in [5.74, 6) is -1.50. The number of nitroso groups, excluding NO2 is 1. The molecule has 1 saturated heterocycles. The lowest BCUT2D eigenvalue weighted by Gasteiger charge is -2.36. The summed E-state index contributed by atoms with van der Waals surface area (Å²) in [6.45, 7) is 1.57. The number of carbonyl (C=O) groups is 1. The third-order valence-electron chi connectivity index (χ3n) is 4.05. The summed E-state index contributed by atoms with van der Waals surface area (Å²) in [7, 11) is 0. The van der Waals surface area contributed by atoms with Gasteiger partial charge >= 0.3 is 0 Å². The van der Waals surface area contributed by atoms with Crippen LogP contribution in [0.5, 0.6) is 0 Å². The minimum Gasteiger partial charge on any atom is -0.366 e. The van der Waals surface area contributed by atoms with Gasteiger partial charge in [0.2, 0.25) is 0 Å². The standard InChI is InChI=1S/C17H15F2N3O2/c18-14-6-5-12(20-24)11-13(14)17(23)22-9-7-21(8-10-22)16-4-2-1-3-15(16)19/h1-6,11H,7-10H2. The molecule has 1 fully saturated rings. The van der Waals surface area contributed by atoms with Crippen molar-refractivity contribution in [3.8, 4) is 0 Å². The Morgan fingerprint density at radius 1 is 0.958 bits per heavy atom. The number of piperazine rings is 1. The van der Waals surface area contributed by atoms with E-state index in [0.717, 1.165) is 12.1 Å². The van der Waals surface area contributed by atoms with Crippen LogP contribution >= 0.6 is 0 Å². The normalized spacial score (nSPS) is 14.6. The molecule has 1 aliphatic heterocycles. The highest BCUT2D eigenvalue weighted by Gasteiger charge is 2.25. The van der Waals surface area contributed by atoms with Crippen molar-refractivity contribution < 1.29 is 13.6 Å². The van der Waals surface area contributed by atoms with Gasteiger partial charge in [0.15, 0.2) is 0 Å². The van der Waals surface area contributed by atoms with E-state index in [1.54, 1.807) is 18.2 Å². The van der Waals surface area contributed by atoms with Crippen molar-refractivity contribution in [3.05, 3.63) is 64.6 Å². The SMILES string of the molecule is O=Nc1ccc(F)c(C(=O)N2CCN(c3ccccc3F)CC2)c1. The van der Waals surface area contributed by atoms with Crippen molar-refractivity contribution in [2.24, 2.45) is 5.18 Å². The lowest BCUT2D eigenvalue weighted by Crippen LogP contribution is -2.49. The Labute approximate surface area is 137 Å². The Kier molecular flexibility index (Phi) is 4.50. The molecule has 7 heteroatoms. The lowest BCUT2D eigenvalue weighted by molar-refractivity contribution is 0.0742. The van der Waals surface area contributed by atoms with Gasteiger partial charge in [-0.15, -0.1) is 4.91 Å². The number of carbonyl (C=O) groups excluding carboxylic acids is 1. The second-order valence-electron chi connectivity index (χ2n) is 5.49. The molecular formula is C17H15F2N3O2. The molecule has 3 rings (SSSR count). The molecule has 24 heavy (non-hydrogen) atoms. The van der Waals surface area contributed by atoms with Crippen LogP contribution in [-0.2, 0) is 0 Å². The van der Waals surface area contributed by atoms with Gasteiger partial charge in [0.05, 0.1) is 11.3 Å². The molecule has 0 atom stereocenters. The third-order valence-corrected chi connectivity index (χ3v) is 4.05. The Morgan fingerprint density at radius 3 is 2.33 bits per heavy atom. The predicted molar refractivity (Wildman–Crippen MR) is 86.4 cm³/mol. The Morgan fingerprint density at radius 2 is 1.67 bits per heavy atom. The number of hydrogen-bond acceptors (Lipinski definition) is 4. The van der Waals surface area contributed by atoms with Crippen molar-refractivity contribution in [3.63, 3.8) is 0 Å². The van der Waals surface area contributed by atoms with Gasteiger partial charge in [0.1, 0.15) is 17.3 Å². The van der Waals surface area contributed by atoms with E-state index in [9.17, 15) is 18.5 Å². The highest BCUT2D eigenvalue weighted by molar-refractivity contribution is 5.95. The van der Waals surface area contributed by atoms with E-state index in [4.69, 9.17) is 0 Å². The van der Waals surface area contributed by atoms with Gasteiger partial charge in [-0.25, -0.2) is 8.78 Å². The molecule has 0 aromatic heterocycles.